The standard InChI is InChI=1S/C18H19N7O/c1-4-26-17-14-10(9-5-6-11-13(7-9)25(3)24-23-11)8-12-15(20-12)16(14)21-18(19-2)22-17/h5-8,12,15,20H,4H2,1-3H3,(H,19,21,22)/t12-,15?/m0/s1. The van der Waals surface area contributed by atoms with Gasteiger partial charge in [0.1, 0.15) is 5.52 Å². The lowest BCUT2D eigenvalue weighted by molar-refractivity contribution is 0.325. The predicted molar refractivity (Wildman–Crippen MR) is 98.0 cm³/mol. The third kappa shape index (κ3) is 2.19. The quantitative estimate of drug-likeness (QED) is 0.691. The minimum Gasteiger partial charge on any atom is -0.477 e. The number of hydrogen-bond acceptors (Lipinski definition) is 7. The van der Waals surface area contributed by atoms with Gasteiger partial charge in [-0.25, -0.2) is 9.67 Å². The Morgan fingerprint density at radius 3 is 3.00 bits per heavy atom. The van der Waals surface area contributed by atoms with Gasteiger partial charge in [0.2, 0.25) is 11.8 Å². The summed E-state index contributed by atoms with van der Waals surface area (Å²) in [4.78, 5) is 9.26. The van der Waals surface area contributed by atoms with E-state index in [0.717, 1.165) is 33.4 Å². The summed E-state index contributed by atoms with van der Waals surface area (Å²) in [5.41, 5.74) is 5.98. The number of benzene rings is 1. The Hall–Kier alpha value is -3.00. The van der Waals surface area contributed by atoms with Gasteiger partial charge in [-0.05, 0) is 30.2 Å². The summed E-state index contributed by atoms with van der Waals surface area (Å²) >= 11 is 0. The van der Waals surface area contributed by atoms with Crippen molar-refractivity contribution >= 4 is 22.6 Å². The van der Waals surface area contributed by atoms with Crippen LogP contribution in [-0.4, -0.2) is 44.7 Å². The monoisotopic (exact) mass is 349 g/mol. The average Bonchev–Trinajstić information content (AvgIpc) is 3.37. The first kappa shape index (κ1) is 15.3. The topological polar surface area (TPSA) is 99.7 Å². The molecule has 2 aliphatic rings. The maximum absolute atomic E-state index is 5.87. The van der Waals surface area contributed by atoms with Crippen molar-refractivity contribution < 1.29 is 4.74 Å². The molecule has 1 fully saturated rings. The number of nitrogens with one attached hydrogen (secondary N) is 2. The molecule has 1 aliphatic carbocycles. The van der Waals surface area contributed by atoms with E-state index in [2.05, 4.69) is 44.1 Å². The second kappa shape index (κ2) is 5.50. The molecule has 5 rings (SSSR count). The lowest BCUT2D eigenvalue weighted by Crippen LogP contribution is -2.12. The lowest BCUT2D eigenvalue weighted by Gasteiger charge is -2.20. The molecule has 1 saturated heterocycles. The van der Waals surface area contributed by atoms with Crippen LogP contribution in [0.5, 0.6) is 5.88 Å². The van der Waals surface area contributed by atoms with Crippen molar-refractivity contribution in [1.29, 1.82) is 0 Å². The summed E-state index contributed by atoms with van der Waals surface area (Å²) < 4.78 is 7.66. The number of anilines is 1. The van der Waals surface area contributed by atoms with E-state index >= 15 is 0 Å². The molecule has 3 aromatic rings. The smallest absolute Gasteiger partial charge is 0.226 e. The van der Waals surface area contributed by atoms with Gasteiger partial charge in [-0.2, -0.15) is 4.98 Å². The molecule has 2 aromatic heterocycles. The van der Waals surface area contributed by atoms with E-state index < -0.39 is 0 Å². The summed E-state index contributed by atoms with van der Waals surface area (Å²) in [7, 11) is 3.72. The maximum atomic E-state index is 5.87. The molecule has 3 heterocycles. The van der Waals surface area contributed by atoms with Gasteiger partial charge in [0.05, 0.1) is 29.4 Å². The molecule has 0 amide bonds. The van der Waals surface area contributed by atoms with E-state index in [1.165, 1.54) is 0 Å². The normalized spacial score (nSPS) is 20.3. The van der Waals surface area contributed by atoms with Gasteiger partial charge in [0, 0.05) is 20.1 Å². The number of ether oxygens (including phenoxy) is 1. The number of nitrogens with zero attached hydrogens (tertiary/aromatic N) is 5. The SMILES string of the molecule is CCOc1nc(NC)nc2c1C(c1ccc3nnn(C)c3c1)=C[C@@H]1NC21. The molecule has 8 nitrogen and oxygen atoms in total. The third-order valence-electron chi connectivity index (χ3n) is 4.86. The molecule has 2 N–H and O–H groups in total. The zero-order valence-electron chi connectivity index (χ0n) is 14.8. The molecule has 1 aliphatic heterocycles. The van der Waals surface area contributed by atoms with Gasteiger partial charge < -0.3 is 10.1 Å². The van der Waals surface area contributed by atoms with E-state index in [1.54, 1.807) is 4.68 Å². The largest absolute Gasteiger partial charge is 0.477 e. The van der Waals surface area contributed by atoms with Crippen molar-refractivity contribution in [3.05, 3.63) is 41.1 Å². The Morgan fingerprint density at radius 1 is 1.31 bits per heavy atom. The Kier molecular flexibility index (Phi) is 3.23. The fraction of sp³-hybridized carbons (Fsp3) is 0.333. The van der Waals surface area contributed by atoms with E-state index in [1.807, 2.05) is 27.1 Å². The summed E-state index contributed by atoms with van der Waals surface area (Å²) in [5.74, 6) is 1.19. The lowest BCUT2D eigenvalue weighted by atomic mass is 9.90. The van der Waals surface area contributed by atoms with Crippen LogP contribution >= 0.6 is 0 Å². The molecule has 1 unspecified atom stereocenters. The van der Waals surface area contributed by atoms with Crippen LogP contribution in [-0.2, 0) is 7.05 Å². The first-order chi connectivity index (χ1) is 12.7. The minimum atomic E-state index is 0.227. The fourth-order valence-electron chi connectivity index (χ4n) is 3.53. The number of aromatic nitrogens is 5. The van der Waals surface area contributed by atoms with Crippen molar-refractivity contribution in [2.45, 2.75) is 19.0 Å². The summed E-state index contributed by atoms with van der Waals surface area (Å²) in [6.45, 7) is 2.51. The zero-order chi connectivity index (χ0) is 17.8. The number of fused-ring (bicyclic) bond motifs is 4. The molecule has 1 aromatic carbocycles. The second-order valence-electron chi connectivity index (χ2n) is 6.46. The molecule has 132 valence electrons. The Balaban J connectivity index is 1.72. The average molecular weight is 349 g/mol. The molecule has 26 heavy (non-hydrogen) atoms. The Bertz CT molecular complexity index is 1060. The van der Waals surface area contributed by atoms with Crippen molar-refractivity contribution in [2.75, 3.05) is 19.0 Å². The Morgan fingerprint density at radius 2 is 2.19 bits per heavy atom. The van der Waals surface area contributed by atoms with Crippen LogP contribution in [0.25, 0.3) is 16.6 Å². The number of rotatable bonds is 4. The molecule has 2 atom stereocenters. The van der Waals surface area contributed by atoms with Gasteiger partial charge >= 0.3 is 0 Å². The summed E-state index contributed by atoms with van der Waals surface area (Å²) in [6.07, 6.45) is 2.24. The molecule has 0 bridgehead atoms. The molecule has 8 heteroatoms. The van der Waals surface area contributed by atoms with Crippen LogP contribution < -0.4 is 15.4 Å². The highest BCUT2D eigenvalue weighted by atomic mass is 16.5. The molecular weight excluding hydrogens is 330 g/mol. The Labute approximate surface area is 150 Å². The molecule has 0 saturated carbocycles. The number of hydrogen-bond donors (Lipinski definition) is 2. The van der Waals surface area contributed by atoms with Gasteiger partial charge in [-0.3, -0.25) is 5.32 Å². The zero-order valence-corrected chi connectivity index (χ0v) is 14.8. The van der Waals surface area contributed by atoms with Gasteiger partial charge in [0.25, 0.3) is 0 Å². The van der Waals surface area contributed by atoms with E-state index in [-0.39, 0.29) is 6.04 Å². The second-order valence-corrected chi connectivity index (χ2v) is 6.46. The first-order valence-electron chi connectivity index (χ1n) is 8.70. The van der Waals surface area contributed by atoms with Gasteiger partial charge in [-0.1, -0.05) is 17.4 Å². The maximum Gasteiger partial charge on any atom is 0.226 e. The van der Waals surface area contributed by atoms with Crippen molar-refractivity contribution in [1.82, 2.24) is 30.3 Å². The summed E-state index contributed by atoms with van der Waals surface area (Å²) in [6, 6.07) is 6.69. The van der Waals surface area contributed by atoms with Crippen molar-refractivity contribution in [2.24, 2.45) is 7.05 Å². The third-order valence-corrected chi connectivity index (χ3v) is 4.86. The van der Waals surface area contributed by atoms with Gasteiger partial charge in [0.15, 0.2) is 0 Å². The predicted octanol–water partition coefficient (Wildman–Crippen LogP) is 1.66. The molecule has 0 radical (unpaired) electrons. The summed E-state index contributed by atoms with van der Waals surface area (Å²) in [5, 5.41) is 14.8. The number of aryl methyl sites for hydroxylation is 1. The molecular formula is C18H19N7O. The molecule has 0 spiro atoms. The van der Waals surface area contributed by atoms with Gasteiger partial charge in [-0.15, -0.1) is 5.10 Å². The first-order valence-corrected chi connectivity index (χ1v) is 8.70. The van der Waals surface area contributed by atoms with Crippen LogP contribution in [0, 0.1) is 0 Å². The van der Waals surface area contributed by atoms with Crippen LogP contribution in [0.1, 0.15) is 29.8 Å². The van der Waals surface area contributed by atoms with E-state index in [4.69, 9.17) is 9.72 Å². The van der Waals surface area contributed by atoms with E-state index in [9.17, 15) is 0 Å². The van der Waals surface area contributed by atoms with Crippen molar-refractivity contribution in [3.63, 3.8) is 0 Å². The van der Waals surface area contributed by atoms with Crippen LogP contribution in [0.15, 0.2) is 24.3 Å². The highest BCUT2D eigenvalue weighted by molar-refractivity contribution is 5.90. The highest BCUT2D eigenvalue weighted by Crippen LogP contribution is 2.46. The van der Waals surface area contributed by atoms with Crippen LogP contribution in [0.4, 0.5) is 5.95 Å². The fourth-order valence-corrected chi connectivity index (χ4v) is 3.53. The highest BCUT2D eigenvalue weighted by Gasteiger charge is 2.44. The van der Waals surface area contributed by atoms with Crippen molar-refractivity contribution in [3.8, 4) is 5.88 Å². The van der Waals surface area contributed by atoms with Crippen LogP contribution in [0.2, 0.25) is 0 Å². The van der Waals surface area contributed by atoms with E-state index in [0.29, 0.717) is 24.5 Å². The minimum absolute atomic E-state index is 0.227. The van der Waals surface area contributed by atoms with Crippen LogP contribution in [0.3, 0.4) is 0 Å².